The molecule has 4 rings (SSSR count). The first kappa shape index (κ1) is 133. The third-order valence-corrected chi connectivity index (χ3v) is 26.3. The van der Waals surface area contributed by atoms with Gasteiger partial charge in [-0.1, -0.05) is 78.1 Å². The van der Waals surface area contributed by atoms with Gasteiger partial charge in [0, 0.05) is 204 Å². The van der Waals surface area contributed by atoms with Crippen LogP contribution in [0, 0.1) is 23.7 Å². The summed E-state index contributed by atoms with van der Waals surface area (Å²) in [6.07, 6.45) is 55.4. The van der Waals surface area contributed by atoms with E-state index in [0.29, 0.717) is 108 Å². The van der Waals surface area contributed by atoms with Crippen molar-refractivity contribution in [3.63, 3.8) is 0 Å². The van der Waals surface area contributed by atoms with Gasteiger partial charge in [-0.05, 0) is 349 Å². The number of hydrogen-bond donors (Lipinski definition) is 0. The van der Waals surface area contributed by atoms with Crippen LogP contribution >= 0.6 is 0 Å². The number of benzene rings is 2. The smallest absolute Gasteiger partial charge is 0.343 e. The normalized spacial score (nSPS) is 14.7. The molecule has 0 spiro atoms. The minimum absolute atomic E-state index is 0.0191. The van der Waals surface area contributed by atoms with Crippen LogP contribution in [0.3, 0.4) is 0 Å². The highest BCUT2D eigenvalue weighted by Gasteiger charge is 2.34. The molecule has 2 saturated carbocycles. The summed E-state index contributed by atoms with van der Waals surface area (Å²) in [5.74, 6) is 1.84. The maximum atomic E-state index is 13.1. The third-order valence-electron chi connectivity index (χ3n) is 26.3. The number of unbranched alkanes of at least 4 members (excludes halogenated alkanes) is 26. The van der Waals surface area contributed by atoms with E-state index in [1.54, 1.807) is 55.5 Å². The van der Waals surface area contributed by atoms with Gasteiger partial charge >= 0.3 is 41.8 Å². The summed E-state index contributed by atoms with van der Waals surface area (Å²) in [4.78, 5) is 85.6. The molecule has 2 fully saturated rings. The van der Waals surface area contributed by atoms with Gasteiger partial charge in [0.15, 0.2) is 0 Å². The molecule has 2 aromatic rings. The minimum atomic E-state index is -0.487. The van der Waals surface area contributed by atoms with Crippen LogP contribution in [0.1, 0.15) is 403 Å². The van der Waals surface area contributed by atoms with E-state index in [1.165, 1.54) is 51.4 Å². The largest absolute Gasteiger partial charge is 0.494 e. The number of hydrogen-bond acceptors (Lipinski definition) is 29. The third kappa shape index (κ3) is 86.0. The molecule has 29 nitrogen and oxygen atoms in total. The summed E-state index contributed by atoms with van der Waals surface area (Å²) in [6.45, 7) is 27.7. The van der Waals surface area contributed by atoms with Crippen molar-refractivity contribution in [3.05, 3.63) is 54.1 Å². The van der Waals surface area contributed by atoms with Crippen molar-refractivity contribution in [2.24, 2.45) is 23.7 Å². The summed E-state index contributed by atoms with van der Waals surface area (Å²) in [7, 11) is 0. The Balaban J connectivity index is 0.714. The molecule has 2 aliphatic carbocycles. The van der Waals surface area contributed by atoms with Crippen molar-refractivity contribution in [2.75, 3.05) is 225 Å². The van der Waals surface area contributed by atoms with E-state index < -0.39 is 17.9 Å². The zero-order valence-corrected chi connectivity index (χ0v) is 92.0. The maximum absolute atomic E-state index is 13.1. The van der Waals surface area contributed by atoms with Crippen LogP contribution in [0.4, 0.5) is 0 Å². The van der Waals surface area contributed by atoms with E-state index in [-0.39, 0.29) is 49.2 Å². The van der Waals surface area contributed by atoms with Gasteiger partial charge in [0.2, 0.25) is 0 Å². The van der Waals surface area contributed by atoms with Gasteiger partial charge in [-0.2, -0.15) is 0 Å². The Morgan fingerprint density at radius 3 is 0.714 bits per heavy atom. The Morgan fingerprint density at radius 1 is 0.211 bits per heavy atom. The molecule has 29 heteroatoms. The van der Waals surface area contributed by atoms with E-state index in [4.69, 9.17) is 104 Å². The van der Waals surface area contributed by atoms with Gasteiger partial charge in [0.05, 0.1) is 64.0 Å². The summed E-state index contributed by atoms with van der Waals surface area (Å²) < 4.78 is 125. The van der Waals surface area contributed by atoms with Gasteiger partial charge in [-0.15, -0.1) is 0 Å². The molecule has 0 heterocycles. The van der Waals surface area contributed by atoms with Crippen molar-refractivity contribution >= 4 is 41.8 Å². The first-order chi connectivity index (χ1) is 72.5. The lowest BCUT2D eigenvalue weighted by molar-refractivity contribution is -0.150. The van der Waals surface area contributed by atoms with Crippen LogP contribution in [0.2, 0.25) is 0 Å². The zero-order valence-electron chi connectivity index (χ0n) is 92.0. The lowest BCUT2D eigenvalue weighted by Crippen LogP contribution is -2.30. The Kier molecular flexibility index (Phi) is 93.4. The molecule has 0 aromatic heterocycles. The van der Waals surface area contributed by atoms with Gasteiger partial charge < -0.3 is 104 Å². The Labute approximate surface area is 887 Å². The molecular formula is C118H204O29. The highest BCUT2D eigenvalue weighted by atomic mass is 16.6. The van der Waals surface area contributed by atoms with E-state index in [0.717, 1.165) is 465 Å². The van der Waals surface area contributed by atoms with Crippen LogP contribution in [-0.4, -0.2) is 266 Å². The van der Waals surface area contributed by atoms with E-state index in [1.807, 2.05) is 0 Å². The first-order valence-corrected chi connectivity index (χ1v) is 58.7. The quantitative estimate of drug-likeness (QED) is 0.0257. The first-order valence-electron chi connectivity index (χ1n) is 58.7. The van der Waals surface area contributed by atoms with Crippen LogP contribution in [0.15, 0.2) is 48.5 Å². The molecule has 0 aliphatic heterocycles. The highest BCUT2D eigenvalue weighted by Crippen LogP contribution is 2.43. The number of esters is 7. The fraction of sp³-hybridized carbons (Fsp3) is 0.839. The molecule has 850 valence electrons. The van der Waals surface area contributed by atoms with Crippen molar-refractivity contribution in [2.45, 2.75) is 393 Å². The van der Waals surface area contributed by atoms with Crippen molar-refractivity contribution in [1.29, 1.82) is 0 Å². The number of carbonyl (C=O) groups is 7. The Bertz CT molecular complexity index is 3280. The second kappa shape index (κ2) is 103. The van der Waals surface area contributed by atoms with Gasteiger partial charge in [0.1, 0.15) is 17.2 Å². The van der Waals surface area contributed by atoms with E-state index in [9.17, 15) is 33.6 Å². The van der Waals surface area contributed by atoms with Gasteiger partial charge in [0.25, 0.3) is 0 Å². The van der Waals surface area contributed by atoms with Gasteiger partial charge in [-0.3, -0.25) is 28.8 Å². The minimum Gasteiger partial charge on any atom is -0.494 e. The van der Waals surface area contributed by atoms with E-state index >= 15 is 0 Å². The summed E-state index contributed by atoms with van der Waals surface area (Å²) >= 11 is 0. The number of rotatable bonds is 110. The fourth-order valence-electron chi connectivity index (χ4n) is 17.2. The second-order valence-corrected chi connectivity index (χ2v) is 39.4. The molecule has 2 aliphatic rings. The highest BCUT2D eigenvalue weighted by molar-refractivity contribution is 5.91. The monoisotopic (exact) mass is 2090 g/mol. The fourth-order valence-corrected chi connectivity index (χ4v) is 17.2. The number of carbonyl (C=O) groups excluding carboxylic acids is 7. The van der Waals surface area contributed by atoms with E-state index in [2.05, 4.69) is 6.92 Å². The molecule has 147 heavy (non-hydrogen) atoms. The summed E-state index contributed by atoms with van der Waals surface area (Å²) in [5, 5.41) is 0. The predicted molar refractivity (Wildman–Crippen MR) is 573 cm³/mol. The lowest BCUT2D eigenvalue weighted by atomic mass is 9.68. The van der Waals surface area contributed by atoms with Crippen molar-refractivity contribution < 1.29 is 138 Å². The summed E-state index contributed by atoms with van der Waals surface area (Å²) in [6, 6.07) is 13.5. The average Bonchev–Trinajstić information content (AvgIpc) is 0.843. The molecule has 0 bridgehead atoms. The SMILES string of the molecule is CCCCCC1CCC(C2CCC(C(=O)Oc3ccc(OC(=O)c4ccc(OCCCCCCCCOC(=O)CCC(=O)OCCCCCC(=O)OCCCCOCCCCOCCCCOCCCCOCCCCOCCCCOCCCCOCCCCOCCCCOCCCCOCCCCOCCCCOCCCCOCCCCOCCCCOC(=O)CCCCCOC(=O)CC)cc4)cc3)CC2)CC1. The molecule has 0 amide bonds. The average molecular weight is 2090 g/mol. The predicted octanol–water partition coefficient (Wildman–Crippen LogP) is 24.7. The molecular weight excluding hydrogens is 1880 g/mol. The Morgan fingerprint density at radius 2 is 0.435 bits per heavy atom. The van der Waals surface area contributed by atoms with Crippen LogP contribution in [0.25, 0.3) is 0 Å². The topological polar surface area (TPSA) is 323 Å². The van der Waals surface area contributed by atoms with Crippen LogP contribution in [0.5, 0.6) is 17.2 Å². The van der Waals surface area contributed by atoms with Crippen LogP contribution < -0.4 is 14.2 Å². The van der Waals surface area contributed by atoms with Gasteiger partial charge in [-0.25, -0.2) is 4.79 Å². The molecule has 2 aromatic carbocycles. The second-order valence-electron chi connectivity index (χ2n) is 39.4. The maximum Gasteiger partial charge on any atom is 0.343 e. The summed E-state index contributed by atoms with van der Waals surface area (Å²) in [5.41, 5.74) is 0.400. The standard InChI is InChI=1S/C118H204O29/c1-3-5-12-49-104-52-54-105(55-53-104)106-56-58-107(59-57-106)117(124)146-110-64-66-111(67-65-110)147-118(125)108-60-62-109(63-61-108)140-98-15-8-6-7-9-16-100-144-115(122)68-69-116(123)145-101-18-11-14-51-114(121)143-103-48-46-97-139-95-44-42-93-137-91-40-38-89-135-87-36-34-85-133-83-32-30-81-131-79-28-26-77-129-75-24-22-73-127-71-20-19-70-126-72-21-23-74-128-76-25-27-78-130-80-29-31-82-132-84-33-35-86-134-88-37-39-90-136-92-41-43-94-138-96-45-47-102-142-113(120)50-13-10-17-99-141-112(119)4-2/h60-67,104-107H,3-59,68-103H2,1-2H3. The molecule has 0 unspecified atom stereocenters. The molecule has 0 atom stereocenters. The number of ether oxygens (including phenoxy) is 22. The Hall–Kier alpha value is -6.03. The molecule has 0 radical (unpaired) electrons. The van der Waals surface area contributed by atoms with Crippen LogP contribution in [-0.2, 0) is 119 Å². The van der Waals surface area contributed by atoms with Crippen molar-refractivity contribution in [3.8, 4) is 17.2 Å². The zero-order chi connectivity index (χ0) is 105. The molecule has 0 N–H and O–H groups in total. The van der Waals surface area contributed by atoms with Crippen molar-refractivity contribution in [1.82, 2.24) is 0 Å². The molecule has 0 saturated heterocycles. The lowest BCUT2D eigenvalue weighted by Gasteiger charge is -2.37.